The van der Waals surface area contributed by atoms with E-state index in [0.717, 1.165) is 18.5 Å². The minimum atomic E-state index is -1.02. The summed E-state index contributed by atoms with van der Waals surface area (Å²) in [5.41, 5.74) is -0.196. The van der Waals surface area contributed by atoms with Crippen LogP contribution < -0.4 is 10.2 Å². The van der Waals surface area contributed by atoms with Crippen molar-refractivity contribution in [2.24, 2.45) is 10.4 Å². The summed E-state index contributed by atoms with van der Waals surface area (Å²) in [4.78, 5) is 33.8. The molecule has 1 aromatic carbocycles. The lowest BCUT2D eigenvalue weighted by molar-refractivity contribution is -0.151. The number of benzene rings is 1. The molecule has 1 unspecified atom stereocenters. The van der Waals surface area contributed by atoms with Gasteiger partial charge in [-0.1, -0.05) is 49.9 Å². The molecule has 8 heteroatoms. The van der Waals surface area contributed by atoms with Gasteiger partial charge in [-0.2, -0.15) is 0 Å². The first-order chi connectivity index (χ1) is 12.4. The molecule has 1 saturated heterocycles. The van der Waals surface area contributed by atoms with Gasteiger partial charge in [0.15, 0.2) is 0 Å². The third-order valence-electron chi connectivity index (χ3n) is 5.10. The van der Waals surface area contributed by atoms with Gasteiger partial charge in [-0.3, -0.25) is 19.8 Å². The molecule has 0 saturated carbocycles. The molecule has 0 spiro atoms. The Balaban J connectivity index is 1.89. The van der Waals surface area contributed by atoms with Crippen molar-refractivity contribution in [1.82, 2.24) is 10.2 Å². The maximum Gasteiger partial charge on any atom is 0.246 e. The second-order valence-corrected chi connectivity index (χ2v) is 7.44. The van der Waals surface area contributed by atoms with Crippen LogP contribution in [0.3, 0.4) is 0 Å². The predicted octanol–water partition coefficient (Wildman–Crippen LogP) is 3.63. The molecule has 0 radical (unpaired) electrons. The molecule has 26 heavy (non-hydrogen) atoms. The highest BCUT2D eigenvalue weighted by atomic mass is 35.5. The fourth-order valence-electron chi connectivity index (χ4n) is 3.40. The van der Waals surface area contributed by atoms with Crippen molar-refractivity contribution in [2.45, 2.75) is 39.5 Å². The molecule has 140 valence electrons. The van der Waals surface area contributed by atoms with Crippen LogP contribution in [-0.2, 0) is 9.59 Å². The number of aliphatic imine (C=N–C) groups is 1. The summed E-state index contributed by atoms with van der Waals surface area (Å²) < 4.78 is 0. The van der Waals surface area contributed by atoms with E-state index in [-0.39, 0.29) is 11.8 Å². The summed E-state index contributed by atoms with van der Waals surface area (Å²) in [5, 5.41) is 3.76. The summed E-state index contributed by atoms with van der Waals surface area (Å²) in [6.45, 7) is 4.57. The zero-order chi connectivity index (χ0) is 18.9. The van der Waals surface area contributed by atoms with E-state index in [1.807, 2.05) is 24.8 Å². The van der Waals surface area contributed by atoms with E-state index in [9.17, 15) is 9.59 Å². The first-order valence-corrected chi connectivity index (χ1v) is 9.56. The third-order valence-corrected chi connectivity index (χ3v) is 5.84. The fourth-order valence-corrected chi connectivity index (χ4v) is 3.69. The summed E-state index contributed by atoms with van der Waals surface area (Å²) in [5.74, 6) is -0.0889. The van der Waals surface area contributed by atoms with Crippen molar-refractivity contribution in [3.05, 3.63) is 28.2 Å². The number of nitrogens with zero attached hydrogens (tertiary/aromatic N) is 3. The standard InChI is InChI=1S/C18H22Cl2N4O2/c1-3-5-8-18(4-2)15(25)22-17-21-10-23(11-24(17)16(18)26)12-6-7-13(19)14(20)9-12/h6-7,9H,3-5,8,10-11H2,1-2H3,(H,21,22,25). The lowest BCUT2D eigenvalue weighted by Crippen LogP contribution is -2.67. The van der Waals surface area contributed by atoms with E-state index in [1.54, 1.807) is 17.0 Å². The monoisotopic (exact) mass is 396 g/mol. The zero-order valence-corrected chi connectivity index (χ0v) is 16.4. The van der Waals surface area contributed by atoms with Crippen molar-refractivity contribution < 1.29 is 9.59 Å². The predicted molar refractivity (Wildman–Crippen MR) is 103 cm³/mol. The lowest BCUT2D eigenvalue weighted by Gasteiger charge is -2.44. The largest absolute Gasteiger partial charge is 0.334 e. The van der Waals surface area contributed by atoms with Gasteiger partial charge in [-0.05, 0) is 31.0 Å². The van der Waals surface area contributed by atoms with Crippen LogP contribution in [0.25, 0.3) is 0 Å². The summed E-state index contributed by atoms with van der Waals surface area (Å²) in [7, 11) is 0. The Morgan fingerprint density at radius 2 is 2.00 bits per heavy atom. The van der Waals surface area contributed by atoms with E-state index < -0.39 is 5.41 Å². The van der Waals surface area contributed by atoms with Gasteiger partial charge in [0.2, 0.25) is 17.8 Å². The normalized spacial score (nSPS) is 22.8. The first-order valence-electron chi connectivity index (χ1n) is 8.80. The van der Waals surface area contributed by atoms with E-state index in [2.05, 4.69) is 10.3 Å². The summed E-state index contributed by atoms with van der Waals surface area (Å²) in [6, 6.07) is 5.31. The molecule has 0 bridgehead atoms. The van der Waals surface area contributed by atoms with Crippen LogP contribution in [0.2, 0.25) is 10.0 Å². The van der Waals surface area contributed by atoms with Crippen LogP contribution >= 0.6 is 23.2 Å². The third kappa shape index (κ3) is 3.16. The van der Waals surface area contributed by atoms with E-state index in [1.165, 1.54) is 0 Å². The van der Waals surface area contributed by atoms with Crippen molar-refractivity contribution in [3.63, 3.8) is 0 Å². The van der Waals surface area contributed by atoms with E-state index >= 15 is 0 Å². The molecule has 2 heterocycles. The molecule has 1 aromatic rings. The SMILES string of the molecule is CCCCC1(CC)C(=O)NC2=NCN(c3ccc(Cl)c(Cl)c3)CN2C1=O. The fraction of sp³-hybridized carbons (Fsp3) is 0.500. The molecule has 0 aromatic heterocycles. The summed E-state index contributed by atoms with van der Waals surface area (Å²) in [6.07, 6.45) is 2.76. The molecule has 2 aliphatic heterocycles. The second kappa shape index (κ2) is 7.45. The number of carbonyl (C=O) groups is 2. The van der Waals surface area contributed by atoms with Gasteiger partial charge in [0.25, 0.3) is 0 Å². The van der Waals surface area contributed by atoms with Crippen molar-refractivity contribution in [3.8, 4) is 0 Å². The molecule has 1 fully saturated rings. The Kier molecular flexibility index (Phi) is 5.44. The van der Waals surface area contributed by atoms with Crippen molar-refractivity contribution in [1.29, 1.82) is 0 Å². The Bertz CT molecular complexity index is 768. The van der Waals surface area contributed by atoms with Gasteiger partial charge < -0.3 is 4.90 Å². The number of rotatable bonds is 5. The van der Waals surface area contributed by atoms with Gasteiger partial charge in [0.05, 0.1) is 10.0 Å². The summed E-state index contributed by atoms with van der Waals surface area (Å²) >= 11 is 12.1. The molecule has 6 nitrogen and oxygen atoms in total. The topological polar surface area (TPSA) is 65.0 Å². The number of halogens is 2. The molecule has 2 amide bonds. The molecule has 0 aliphatic carbocycles. The number of unbranched alkanes of at least 4 members (excludes halogenated alkanes) is 1. The highest BCUT2D eigenvalue weighted by Gasteiger charge is 2.52. The zero-order valence-electron chi connectivity index (χ0n) is 14.9. The minimum Gasteiger partial charge on any atom is -0.334 e. The number of hydrogen-bond acceptors (Lipinski definition) is 4. The maximum absolute atomic E-state index is 13.2. The first kappa shape index (κ1) is 19.0. The van der Waals surface area contributed by atoms with Crippen LogP contribution in [0.15, 0.2) is 23.2 Å². The average molecular weight is 397 g/mol. The molecule has 1 atom stereocenters. The Labute approximate surface area is 163 Å². The molecule has 1 N–H and O–H groups in total. The van der Waals surface area contributed by atoms with Gasteiger partial charge in [-0.25, -0.2) is 4.99 Å². The molecule has 2 aliphatic rings. The molecular formula is C18H22Cl2N4O2. The average Bonchev–Trinajstić information content (AvgIpc) is 2.64. The van der Waals surface area contributed by atoms with Gasteiger partial charge >= 0.3 is 0 Å². The number of carbonyl (C=O) groups excluding carboxylic acids is 2. The number of hydrogen-bond donors (Lipinski definition) is 1. The number of guanidine groups is 1. The van der Waals surface area contributed by atoms with Crippen LogP contribution in [0, 0.1) is 5.41 Å². The number of fused-ring (bicyclic) bond motifs is 1. The van der Waals surface area contributed by atoms with Gasteiger partial charge in [0.1, 0.15) is 18.8 Å². The highest BCUT2D eigenvalue weighted by Crippen LogP contribution is 2.36. The van der Waals surface area contributed by atoms with Crippen molar-refractivity contribution >= 4 is 46.7 Å². The Hall–Kier alpha value is -1.79. The second-order valence-electron chi connectivity index (χ2n) is 6.63. The number of amides is 2. The number of anilines is 1. The van der Waals surface area contributed by atoms with Gasteiger partial charge in [-0.15, -0.1) is 0 Å². The Morgan fingerprint density at radius 1 is 1.23 bits per heavy atom. The Morgan fingerprint density at radius 3 is 2.65 bits per heavy atom. The molecule has 3 rings (SSSR count). The minimum absolute atomic E-state index is 0.180. The van der Waals surface area contributed by atoms with Gasteiger partial charge in [0, 0.05) is 5.69 Å². The number of nitrogens with one attached hydrogen (secondary N) is 1. The van der Waals surface area contributed by atoms with Crippen LogP contribution in [0.1, 0.15) is 39.5 Å². The van der Waals surface area contributed by atoms with Crippen LogP contribution in [0.5, 0.6) is 0 Å². The lowest BCUT2D eigenvalue weighted by atomic mass is 9.76. The van der Waals surface area contributed by atoms with Crippen LogP contribution in [0.4, 0.5) is 5.69 Å². The van der Waals surface area contributed by atoms with E-state index in [0.29, 0.717) is 42.2 Å². The highest BCUT2D eigenvalue weighted by molar-refractivity contribution is 6.42. The van der Waals surface area contributed by atoms with Crippen LogP contribution in [-0.4, -0.2) is 36.0 Å². The van der Waals surface area contributed by atoms with Crippen molar-refractivity contribution in [2.75, 3.05) is 18.2 Å². The quantitative estimate of drug-likeness (QED) is 0.772. The maximum atomic E-state index is 13.2. The smallest absolute Gasteiger partial charge is 0.246 e. The van der Waals surface area contributed by atoms with E-state index in [4.69, 9.17) is 23.2 Å². The molecular weight excluding hydrogens is 375 g/mol.